The van der Waals surface area contributed by atoms with Gasteiger partial charge in [-0.2, -0.15) is 0 Å². The molecule has 0 amide bonds. The van der Waals surface area contributed by atoms with Gasteiger partial charge in [-0.05, 0) is 30.2 Å². The van der Waals surface area contributed by atoms with Crippen LogP contribution in [0.5, 0.6) is 0 Å². The third-order valence-corrected chi connectivity index (χ3v) is 2.49. The minimum absolute atomic E-state index is 0.694. The average Bonchev–Trinajstić information content (AvgIpc) is 2.88. The highest BCUT2D eigenvalue weighted by molar-refractivity contribution is 5.64. The molecule has 0 saturated carbocycles. The monoisotopic (exact) mass is 186 g/mol. The van der Waals surface area contributed by atoms with Crippen LogP contribution < -0.4 is 5.32 Å². The number of fused-ring (bicyclic) bond motifs is 1. The van der Waals surface area contributed by atoms with Gasteiger partial charge in [-0.15, -0.1) is 0 Å². The Balaban J connectivity index is 2.09. The van der Waals surface area contributed by atoms with E-state index in [4.69, 9.17) is 4.42 Å². The molecule has 0 spiro atoms. The smallest absolute Gasteiger partial charge is 0.225 e. The van der Waals surface area contributed by atoms with Crippen LogP contribution in [0.2, 0.25) is 0 Å². The van der Waals surface area contributed by atoms with Gasteiger partial charge in [-0.3, -0.25) is 0 Å². The van der Waals surface area contributed by atoms with E-state index >= 15 is 0 Å². The van der Waals surface area contributed by atoms with E-state index in [0.29, 0.717) is 5.89 Å². The summed E-state index contributed by atoms with van der Waals surface area (Å²) < 4.78 is 5.25. The molecule has 70 valence electrons. The van der Waals surface area contributed by atoms with Crippen molar-refractivity contribution in [2.75, 3.05) is 11.9 Å². The third-order valence-electron chi connectivity index (χ3n) is 2.49. The summed E-state index contributed by atoms with van der Waals surface area (Å²) in [6.45, 7) is 1.03. The van der Waals surface area contributed by atoms with Crippen molar-refractivity contribution in [3.63, 3.8) is 0 Å². The molecule has 0 saturated heterocycles. The van der Waals surface area contributed by atoms with E-state index < -0.39 is 0 Å². The molecule has 1 aromatic carbocycles. The lowest BCUT2D eigenvalue weighted by atomic mass is 10.1. The van der Waals surface area contributed by atoms with Crippen molar-refractivity contribution in [1.82, 2.24) is 4.98 Å². The van der Waals surface area contributed by atoms with Crippen molar-refractivity contribution in [3.05, 3.63) is 36.2 Å². The van der Waals surface area contributed by atoms with E-state index in [1.165, 1.54) is 11.3 Å². The van der Waals surface area contributed by atoms with E-state index in [1.54, 1.807) is 12.5 Å². The molecule has 0 radical (unpaired) electrons. The molecule has 2 aromatic rings. The van der Waals surface area contributed by atoms with Crippen LogP contribution in [0.1, 0.15) is 5.56 Å². The highest BCUT2D eigenvalue weighted by atomic mass is 16.3. The van der Waals surface area contributed by atoms with Gasteiger partial charge < -0.3 is 9.73 Å². The Morgan fingerprint density at radius 2 is 2.36 bits per heavy atom. The number of hydrogen-bond donors (Lipinski definition) is 1. The molecule has 1 aromatic heterocycles. The molecular formula is C11H10N2O. The maximum absolute atomic E-state index is 5.25. The van der Waals surface area contributed by atoms with Gasteiger partial charge in [0.25, 0.3) is 0 Å². The van der Waals surface area contributed by atoms with Crippen LogP contribution in [0.15, 0.2) is 35.1 Å². The van der Waals surface area contributed by atoms with Crippen molar-refractivity contribution in [2.24, 2.45) is 0 Å². The minimum Gasteiger partial charge on any atom is -0.445 e. The maximum Gasteiger partial charge on any atom is 0.225 e. The minimum atomic E-state index is 0.694. The maximum atomic E-state index is 5.25. The fourth-order valence-electron chi connectivity index (χ4n) is 1.80. The zero-order chi connectivity index (χ0) is 9.38. The van der Waals surface area contributed by atoms with Crippen molar-refractivity contribution < 1.29 is 4.42 Å². The SMILES string of the molecule is c1coc(-c2ccc3c(c2)CCN3)n1. The first-order valence-corrected chi connectivity index (χ1v) is 4.70. The van der Waals surface area contributed by atoms with Crippen molar-refractivity contribution in [1.29, 1.82) is 0 Å². The average molecular weight is 186 g/mol. The number of oxazole rings is 1. The Kier molecular flexibility index (Phi) is 1.56. The first-order valence-electron chi connectivity index (χ1n) is 4.70. The normalized spacial score (nSPS) is 13.7. The van der Waals surface area contributed by atoms with Crippen LogP contribution in [0.25, 0.3) is 11.5 Å². The largest absolute Gasteiger partial charge is 0.445 e. The molecule has 3 heteroatoms. The summed E-state index contributed by atoms with van der Waals surface area (Å²) in [6.07, 6.45) is 4.35. The van der Waals surface area contributed by atoms with E-state index in [0.717, 1.165) is 18.5 Å². The Labute approximate surface area is 81.8 Å². The molecular weight excluding hydrogens is 176 g/mol. The number of rotatable bonds is 1. The summed E-state index contributed by atoms with van der Waals surface area (Å²) in [5.74, 6) is 0.694. The molecule has 14 heavy (non-hydrogen) atoms. The van der Waals surface area contributed by atoms with Gasteiger partial charge in [0.15, 0.2) is 0 Å². The molecule has 1 aliphatic rings. The lowest BCUT2D eigenvalue weighted by molar-refractivity contribution is 0.574. The molecule has 0 bridgehead atoms. The summed E-state index contributed by atoms with van der Waals surface area (Å²) in [7, 11) is 0. The quantitative estimate of drug-likeness (QED) is 0.742. The first kappa shape index (κ1) is 7.62. The Bertz CT molecular complexity index is 448. The zero-order valence-corrected chi connectivity index (χ0v) is 7.66. The van der Waals surface area contributed by atoms with E-state index in [1.807, 2.05) is 6.07 Å². The highest BCUT2D eigenvalue weighted by Gasteiger charge is 2.11. The second kappa shape index (κ2) is 2.87. The van der Waals surface area contributed by atoms with Gasteiger partial charge in [0, 0.05) is 17.8 Å². The number of nitrogens with one attached hydrogen (secondary N) is 1. The van der Waals surface area contributed by atoms with Crippen molar-refractivity contribution in [3.8, 4) is 11.5 Å². The Morgan fingerprint density at radius 3 is 3.21 bits per heavy atom. The van der Waals surface area contributed by atoms with Crippen LogP contribution in [-0.2, 0) is 6.42 Å². The van der Waals surface area contributed by atoms with Gasteiger partial charge in [0.1, 0.15) is 6.26 Å². The van der Waals surface area contributed by atoms with Gasteiger partial charge in [-0.1, -0.05) is 0 Å². The van der Waals surface area contributed by atoms with Crippen LogP contribution in [0.3, 0.4) is 0 Å². The van der Waals surface area contributed by atoms with Crippen LogP contribution in [-0.4, -0.2) is 11.5 Å². The van der Waals surface area contributed by atoms with Gasteiger partial charge >= 0.3 is 0 Å². The Hall–Kier alpha value is -1.77. The van der Waals surface area contributed by atoms with E-state index in [9.17, 15) is 0 Å². The second-order valence-electron chi connectivity index (χ2n) is 3.39. The molecule has 0 atom stereocenters. The fourth-order valence-corrected chi connectivity index (χ4v) is 1.80. The molecule has 0 fully saturated rings. The van der Waals surface area contributed by atoms with Gasteiger partial charge in [-0.25, -0.2) is 4.98 Å². The van der Waals surface area contributed by atoms with Crippen molar-refractivity contribution in [2.45, 2.75) is 6.42 Å². The predicted octanol–water partition coefficient (Wildman–Crippen LogP) is 2.31. The molecule has 3 rings (SSSR count). The highest BCUT2D eigenvalue weighted by Crippen LogP contribution is 2.27. The summed E-state index contributed by atoms with van der Waals surface area (Å²) >= 11 is 0. The third kappa shape index (κ3) is 1.09. The summed E-state index contributed by atoms with van der Waals surface area (Å²) in [6, 6.07) is 6.26. The topological polar surface area (TPSA) is 38.1 Å². The lowest BCUT2D eigenvalue weighted by Gasteiger charge is -2.00. The zero-order valence-electron chi connectivity index (χ0n) is 7.66. The molecule has 1 aliphatic heterocycles. The van der Waals surface area contributed by atoms with Crippen LogP contribution in [0, 0.1) is 0 Å². The first-order chi connectivity index (χ1) is 6.93. The number of anilines is 1. The molecule has 1 N–H and O–H groups in total. The number of hydrogen-bond acceptors (Lipinski definition) is 3. The standard InChI is InChI=1S/C11H10N2O/c1-2-10-8(3-4-12-10)7-9(1)11-13-5-6-14-11/h1-2,5-7,12H,3-4H2. The molecule has 0 aliphatic carbocycles. The molecule has 3 nitrogen and oxygen atoms in total. The fraction of sp³-hybridized carbons (Fsp3) is 0.182. The Morgan fingerprint density at radius 1 is 1.36 bits per heavy atom. The van der Waals surface area contributed by atoms with Gasteiger partial charge in [0.2, 0.25) is 5.89 Å². The number of nitrogens with zero attached hydrogens (tertiary/aromatic N) is 1. The summed E-state index contributed by atoms with van der Waals surface area (Å²) in [4.78, 5) is 4.12. The van der Waals surface area contributed by atoms with Crippen LogP contribution >= 0.6 is 0 Å². The second-order valence-corrected chi connectivity index (χ2v) is 3.39. The van der Waals surface area contributed by atoms with E-state index in [2.05, 4.69) is 22.4 Å². The summed E-state index contributed by atoms with van der Waals surface area (Å²) in [5, 5.41) is 3.32. The predicted molar refractivity (Wildman–Crippen MR) is 54.1 cm³/mol. The lowest BCUT2D eigenvalue weighted by Crippen LogP contribution is -1.90. The molecule has 2 heterocycles. The van der Waals surface area contributed by atoms with Gasteiger partial charge in [0.05, 0.1) is 6.20 Å². The number of aromatic nitrogens is 1. The number of benzene rings is 1. The van der Waals surface area contributed by atoms with Crippen molar-refractivity contribution >= 4 is 5.69 Å². The van der Waals surface area contributed by atoms with Crippen LogP contribution in [0.4, 0.5) is 5.69 Å². The molecule has 0 unspecified atom stereocenters. The van der Waals surface area contributed by atoms with E-state index in [-0.39, 0.29) is 0 Å². The summed E-state index contributed by atoms with van der Waals surface area (Å²) in [5.41, 5.74) is 3.64.